The van der Waals surface area contributed by atoms with Crippen molar-refractivity contribution in [3.63, 3.8) is 0 Å². The maximum atomic E-state index is 13.8. The Morgan fingerprint density at radius 1 is 1.19 bits per heavy atom. The van der Waals surface area contributed by atoms with E-state index < -0.39 is 33.6 Å². The average molecular weight is 398 g/mol. The largest absolute Gasteiger partial charge is 0.497 e. The van der Waals surface area contributed by atoms with Crippen LogP contribution in [-0.2, 0) is 14.8 Å². The third-order valence-corrected chi connectivity index (χ3v) is 5.03. The molecular weight excluding hydrogens is 378 g/mol. The lowest BCUT2D eigenvalue weighted by atomic mass is 10.1. The number of carbonyl (C=O) groups is 1. The molecule has 0 bridgehead atoms. The van der Waals surface area contributed by atoms with Crippen LogP contribution in [0, 0.1) is 11.6 Å². The molecule has 1 atom stereocenters. The van der Waals surface area contributed by atoms with Crippen LogP contribution in [0.1, 0.15) is 13.3 Å². The second-order valence-corrected chi connectivity index (χ2v) is 7.65. The molecule has 2 aromatic carbocycles. The number of halogens is 2. The van der Waals surface area contributed by atoms with Crippen LogP contribution in [0.5, 0.6) is 5.75 Å². The molecule has 0 saturated carbocycles. The Balaban J connectivity index is 2.37. The number of hydrogen-bond acceptors (Lipinski definition) is 4. The Bertz CT molecular complexity index is 917. The summed E-state index contributed by atoms with van der Waals surface area (Å²) < 4.78 is 57.6. The number of nitrogens with one attached hydrogen (secondary N) is 1. The quantitative estimate of drug-likeness (QED) is 0.777. The molecule has 0 aromatic heterocycles. The summed E-state index contributed by atoms with van der Waals surface area (Å²) in [7, 11) is -2.35. The zero-order valence-corrected chi connectivity index (χ0v) is 15.9. The van der Waals surface area contributed by atoms with Crippen LogP contribution >= 0.6 is 0 Å². The molecule has 1 N–H and O–H groups in total. The molecule has 27 heavy (non-hydrogen) atoms. The topological polar surface area (TPSA) is 75.7 Å². The average Bonchev–Trinajstić information content (AvgIpc) is 2.61. The summed E-state index contributed by atoms with van der Waals surface area (Å²) in [6.07, 6.45) is 1.11. The zero-order valence-electron chi connectivity index (χ0n) is 15.1. The summed E-state index contributed by atoms with van der Waals surface area (Å²) in [5.41, 5.74) is 0.0305. The molecule has 6 nitrogen and oxygen atoms in total. The molecule has 0 aliphatic carbocycles. The predicted octanol–water partition coefficient (Wildman–Crippen LogP) is 3.16. The lowest BCUT2D eigenvalue weighted by Gasteiger charge is -2.30. The summed E-state index contributed by atoms with van der Waals surface area (Å²) in [5.74, 6) is -1.94. The number of ether oxygens (including phenoxy) is 1. The van der Waals surface area contributed by atoms with Crippen LogP contribution in [0.25, 0.3) is 0 Å². The molecule has 0 aliphatic heterocycles. The van der Waals surface area contributed by atoms with E-state index in [1.54, 1.807) is 19.1 Å². The molecule has 1 unspecified atom stereocenters. The smallest absolute Gasteiger partial charge is 0.248 e. The van der Waals surface area contributed by atoms with Gasteiger partial charge < -0.3 is 10.1 Å². The summed E-state index contributed by atoms with van der Waals surface area (Å²) >= 11 is 0. The molecule has 0 radical (unpaired) electrons. The SMILES string of the molecule is CCC(C(=O)Nc1ccc(F)cc1F)N(c1ccc(OC)cc1)S(C)(=O)=O. The van der Waals surface area contributed by atoms with Gasteiger partial charge in [0.2, 0.25) is 15.9 Å². The minimum absolute atomic E-state index is 0.133. The lowest BCUT2D eigenvalue weighted by Crippen LogP contribution is -2.47. The number of anilines is 2. The summed E-state index contributed by atoms with van der Waals surface area (Å²) in [5, 5.41) is 2.32. The highest BCUT2D eigenvalue weighted by molar-refractivity contribution is 7.92. The normalized spacial score (nSPS) is 12.3. The van der Waals surface area contributed by atoms with E-state index in [2.05, 4.69) is 5.32 Å². The third-order valence-electron chi connectivity index (χ3n) is 3.85. The van der Waals surface area contributed by atoms with Crippen molar-refractivity contribution in [1.82, 2.24) is 0 Å². The van der Waals surface area contributed by atoms with E-state index in [0.717, 1.165) is 22.7 Å². The van der Waals surface area contributed by atoms with Gasteiger partial charge in [-0.3, -0.25) is 9.10 Å². The Hall–Kier alpha value is -2.68. The number of sulfonamides is 1. The number of carbonyl (C=O) groups excluding carboxylic acids is 1. The Morgan fingerprint density at radius 2 is 1.81 bits per heavy atom. The highest BCUT2D eigenvalue weighted by atomic mass is 32.2. The molecule has 0 heterocycles. The molecule has 1 amide bonds. The maximum absolute atomic E-state index is 13.8. The second kappa shape index (κ2) is 8.34. The minimum atomic E-state index is -3.83. The highest BCUT2D eigenvalue weighted by Crippen LogP contribution is 2.26. The van der Waals surface area contributed by atoms with Gasteiger partial charge in [0.25, 0.3) is 0 Å². The van der Waals surface area contributed by atoms with Gasteiger partial charge in [-0.15, -0.1) is 0 Å². The number of amides is 1. The minimum Gasteiger partial charge on any atom is -0.497 e. The van der Waals surface area contributed by atoms with Gasteiger partial charge in [0.15, 0.2) is 0 Å². The molecular formula is C18H20F2N2O4S. The lowest BCUT2D eigenvalue weighted by molar-refractivity contribution is -0.117. The highest BCUT2D eigenvalue weighted by Gasteiger charge is 2.32. The number of nitrogens with zero attached hydrogens (tertiary/aromatic N) is 1. The van der Waals surface area contributed by atoms with E-state index in [-0.39, 0.29) is 17.8 Å². The molecule has 0 fully saturated rings. The van der Waals surface area contributed by atoms with E-state index in [1.165, 1.54) is 19.2 Å². The number of rotatable bonds is 7. The van der Waals surface area contributed by atoms with Crippen LogP contribution in [0.2, 0.25) is 0 Å². The molecule has 0 spiro atoms. The number of benzene rings is 2. The fourth-order valence-corrected chi connectivity index (χ4v) is 3.81. The van der Waals surface area contributed by atoms with Crippen LogP contribution in [0.15, 0.2) is 42.5 Å². The van der Waals surface area contributed by atoms with Crippen LogP contribution < -0.4 is 14.4 Å². The van der Waals surface area contributed by atoms with Crippen molar-refractivity contribution in [2.45, 2.75) is 19.4 Å². The molecule has 0 saturated heterocycles. The Morgan fingerprint density at radius 3 is 2.30 bits per heavy atom. The number of hydrogen-bond donors (Lipinski definition) is 1. The Kier molecular flexibility index (Phi) is 6.37. The fraction of sp³-hybridized carbons (Fsp3) is 0.278. The zero-order chi connectivity index (χ0) is 20.2. The van der Waals surface area contributed by atoms with Crippen molar-refractivity contribution >= 4 is 27.3 Å². The van der Waals surface area contributed by atoms with E-state index >= 15 is 0 Å². The van der Waals surface area contributed by atoms with E-state index in [0.29, 0.717) is 11.8 Å². The van der Waals surface area contributed by atoms with Gasteiger partial charge in [-0.25, -0.2) is 17.2 Å². The molecule has 9 heteroatoms. The van der Waals surface area contributed by atoms with Gasteiger partial charge in [0.05, 0.1) is 24.7 Å². The maximum Gasteiger partial charge on any atom is 0.248 e. The summed E-state index contributed by atoms with van der Waals surface area (Å²) in [6, 6.07) is 7.73. The molecule has 0 aliphatic rings. The van der Waals surface area contributed by atoms with Crippen LogP contribution in [0.4, 0.5) is 20.2 Å². The van der Waals surface area contributed by atoms with Gasteiger partial charge >= 0.3 is 0 Å². The van der Waals surface area contributed by atoms with Gasteiger partial charge in [0, 0.05) is 6.07 Å². The second-order valence-electron chi connectivity index (χ2n) is 5.79. The van der Waals surface area contributed by atoms with Crippen molar-refractivity contribution < 1.29 is 26.7 Å². The van der Waals surface area contributed by atoms with Crippen molar-refractivity contribution in [3.05, 3.63) is 54.1 Å². The van der Waals surface area contributed by atoms with Gasteiger partial charge in [-0.05, 0) is 42.8 Å². The van der Waals surface area contributed by atoms with Crippen LogP contribution in [0.3, 0.4) is 0 Å². The monoisotopic (exact) mass is 398 g/mol. The first-order valence-electron chi connectivity index (χ1n) is 8.06. The molecule has 2 rings (SSSR count). The standard InChI is InChI=1S/C18H20F2N2O4S/c1-4-17(18(23)21-16-10-5-12(19)11-15(16)20)22(27(3,24)25)13-6-8-14(26-2)9-7-13/h5-11,17H,4H2,1-3H3,(H,21,23). The van der Waals surface area contributed by atoms with E-state index in [9.17, 15) is 22.0 Å². The summed E-state index contributed by atoms with van der Waals surface area (Å²) in [4.78, 5) is 12.7. The van der Waals surface area contributed by atoms with Gasteiger partial charge in [-0.1, -0.05) is 6.92 Å². The first-order chi connectivity index (χ1) is 12.7. The van der Waals surface area contributed by atoms with E-state index in [1.807, 2.05) is 0 Å². The van der Waals surface area contributed by atoms with Crippen molar-refractivity contribution in [1.29, 1.82) is 0 Å². The van der Waals surface area contributed by atoms with Gasteiger partial charge in [0.1, 0.15) is 23.4 Å². The first kappa shape index (κ1) is 20.6. The van der Waals surface area contributed by atoms with Crippen molar-refractivity contribution in [2.24, 2.45) is 0 Å². The molecule has 2 aromatic rings. The van der Waals surface area contributed by atoms with E-state index in [4.69, 9.17) is 4.74 Å². The van der Waals surface area contributed by atoms with Crippen LogP contribution in [-0.4, -0.2) is 33.7 Å². The predicted molar refractivity (Wildman–Crippen MR) is 99.4 cm³/mol. The first-order valence-corrected chi connectivity index (χ1v) is 9.91. The third kappa shape index (κ3) is 4.94. The summed E-state index contributed by atoms with van der Waals surface area (Å²) in [6.45, 7) is 1.63. The molecule has 146 valence electrons. The van der Waals surface area contributed by atoms with Crippen molar-refractivity contribution in [2.75, 3.05) is 23.0 Å². The Labute approximate surface area is 156 Å². The number of methoxy groups -OCH3 is 1. The van der Waals surface area contributed by atoms with Crippen molar-refractivity contribution in [3.8, 4) is 5.75 Å². The van der Waals surface area contributed by atoms with Gasteiger partial charge in [-0.2, -0.15) is 0 Å². The fourth-order valence-electron chi connectivity index (χ4n) is 2.60.